The Labute approximate surface area is 120 Å². The molecule has 2 aliphatic rings. The molecule has 0 aromatic heterocycles. The van der Waals surface area contributed by atoms with Crippen LogP contribution in [0.1, 0.15) is 38.5 Å². The highest BCUT2D eigenvalue weighted by Crippen LogP contribution is 2.27. The number of amides is 1. The van der Waals surface area contributed by atoms with Crippen molar-refractivity contribution < 1.29 is 14.3 Å². The normalized spacial score (nSPS) is 28.8. The van der Waals surface area contributed by atoms with Crippen LogP contribution < -0.4 is 5.73 Å². The van der Waals surface area contributed by atoms with E-state index in [1.165, 1.54) is 0 Å². The van der Waals surface area contributed by atoms with Gasteiger partial charge in [0.15, 0.2) is 0 Å². The fourth-order valence-corrected chi connectivity index (χ4v) is 3.27. The van der Waals surface area contributed by atoms with Crippen LogP contribution in [0.15, 0.2) is 0 Å². The van der Waals surface area contributed by atoms with Gasteiger partial charge in [-0.25, -0.2) is 4.79 Å². The van der Waals surface area contributed by atoms with Gasteiger partial charge < -0.3 is 20.1 Å². The highest BCUT2D eigenvalue weighted by atomic mass is 16.6. The number of ether oxygens (including phenoxy) is 2. The Balaban J connectivity index is 1.68. The van der Waals surface area contributed by atoms with Gasteiger partial charge in [0.2, 0.25) is 0 Å². The van der Waals surface area contributed by atoms with Gasteiger partial charge in [-0.1, -0.05) is 5.92 Å². The molecule has 2 fully saturated rings. The fourth-order valence-electron chi connectivity index (χ4n) is 3.27. The number of nitrogens with two attached hydrogens (primary N) is 1. The molecule has 0 unspecified atom stereocenters. The van der Waals surface area contributed by atoms with Crippen LogP contribution in [0, 0.1) is 12.3 Å². The molecule has 112 valence electrons. The summed E-state index contributed by atoms with van der Waals surface area (Å²) in [5, 5.41) is 0. The average Bonchev–Trinajstić information content (AvgIpc) is 2.46. The Morgan fingerprint density at radius 3 is 2.35 bits per heavy atom. The molecular weight excluding hydrogens is 256 g/mol. The summed E-state index contributed by atoms with van der Waals surface area (Å²) < 4.78 is 10.7. The molecule has 1 saturated carbocycles. The lowest BCUT2D eigenvalue weighted by Gasteiger charge is -2.40. The number of nitrogens with zero attached hydrogens (tertiary/aromatic N) is 1. The standard InChI is InChI=1S/C15H24N2O3/c1-2-11-19-13-5-3-12(4-6-13)17-9-7-14(8-10-17)20-15(16)18/h1,12-14H,3-11H2,(H2,16,18). The van der Waals surface area contributed by atoms with Crippen molar-refractivity contribution in [1.29, 1.82) is 0 Å². The molecule has 1 aliphatic heterocycles. The van der Waals surface area contributed by atoms with Gasteiger partial charge in [-0.2, -0.15) is 0 Å². The number of likely N-dealkylation sites (tertiary alicyclic amines) is 1. The molecule has 5 heteroatoms. The molecule has 1 aliphatic carbocycles. The lowest BCUT2D eigenvalue weighted by atomic mass is 9.90. The highest BCUT2D eigenvalue weighted by Gasteiger charge is 2.29. The lowest BCUT2D eigenvalue weighted by Crippen LogP contribution is -2.46. The third kappa shape index (κ3) is 4.39. The molecule has 0 aromatic rings. The Morgan fingerprint density at radius 1 is 1.15 bits per heavy atom. The summed E-state index contributed by atoms with van der Waals surface area (Å²) in [5.74, 6) is 2.53. The summed E-state index contributed by atoms with van der Waals surface area (Å²) >= 11 is 0. The van der Waals surface area contributed by atoms with Crippen molar-refractivity contribution in [1.82, 2.24) is 4.90 Å². The topological polar surface area (TPSA) is 64.8 Å². The van der Waals surface area contributed by atoms with E-state index in [0.29, 0.717) is 18.8 Å². The Bertz CT molecular complexity index is 351. The number of carbonyl (C=O) groups excluding carboxylic acids is 1. The lowest BCUT2D eigenvalue weighted by molar-refractivity contribution is 0.00232. The molecule has 0 aromatic carbocycles. The van der Waals surface area contributed by atoms with E-state index in [9.17, 15) is 4.79 Å². The van der Waals surface area contributed by atoms with Gasteiger partial charge in [-0.15, -0.1) is 6.42 Å². The molecular formula is C15H24N2O3. The maximum atomic E-state index is 10.7. The number of carbonyl (C=O) groups is 1. The van der Waals surface area contributed by atoms with Gasteiger partial charge >= 0.3 is 6.09 Å². The monoisotopic (exact) mass is 280 g/mol. The van der Waals surface area contributed by atoms with Crippen LogP contribution in [0.2, 0.25) is 0 Å². The van der Waals surface area contributed by atoms with Gasteiger partial charge in [-0.3, -0.25) is 0 Å². The summed E-state index contributed by atoms with van der Waals surface area (Å²) in [6, 6.07) is 0.634. The van der Waals surface area contributed by atoms with Crippen LogP contribution in [0.3, 0.4) is 0 Å². The molecule has 20 heavy (non-hydrogen) atoms. The van der Waals surface area contributed by atoms with Crippen molar-refractivity contribution in [2.45, 2.75) is 56.8 Å². The zero-order valence-corrected chi connectivity index (χ0v) is 11.9. The molecule has 5 nitrogen and oxygen atoms in total. The minimum atomic E-state index is -0.658. The minimum Gasteiger partial charge on any atom is -0.446 e. The van der Waals surface area contributed by atoms with Crippen LogP contribution in [-0.4, -0.2) is 48.9 Å². The molecule has 0 radical (unpaired) electrons. The van der Waals surface area contributed by atoms with Crippen molar-refractivity contribution in [2.24, 2.45) is 5.73 Å². The predicted octanol–water partition coefficient (Wildman–Crippen LogP) is 1.51. The summed E-state index contributed by atoms with van der Waals surface area (Å²) in [6.45, 7) is 2.39. The number of primary amides is 1. The van der Waals surface area contributed by atoms with Crippen molar-refractivity contribution >= 4 is 6.09 Å². The second kappa shape index (κ2) is 7.51. The van der Waals surface area contributed by atoms with Crippen LogP contribution in [-0.2, 0) is 9.47 Å². The number of rotatable bonds is 4. The number of piperidine rings is 1. The summed E-state index contributed by atoms with van der Waals surface area (Å²) in [7, 11) is 0. The second-order valence-electron chi connectivity index (χ2n) is 5.62. The van der Waals surface area contributed by atoms with E-state index < -0.39 is 6.09 Å². The minimum absolute atomic E-state index is 0.000879. The quantitative estimate of drug-likeness (QED) is 0.793. The maximum Gasteiger partial charge on any atom is 0.404 e. The average molecular weight is 280 g/mol. The van der Waals surface area contributed by atoms with Crippen molar-refractivity contribution in [3.63, 3.8) is 0 Å². The van der Waals surface area contributed by atoms with E-state index in [1.807, 2.05) is 0 Å². The first kappa shape index (κ1) is 15.1. The van der Waals surface area contributed by atoms with Gasteiger partial charge in [0.05, 0.1) is 6.10 Å². The SMILES string of the molecule is C#CCOC1CCC(N2CCC(OC(N)=O)CC2)CC1. The number of terminal acetylenes is 1. The van der Waals surface area contributed by atoms with Gasteiger partial charge in [0.25, 0.3) is 0 Å². The molecule has 1 amide bonds. The Kier molecular flexibility index (Phi) is 5.69. The van der Waals surface area contributed by atoms with Crippen LogP contribution in [0.25, 0.3) is 0 Å². The summed E-state index contributed by atoms with van der Waals surface area (Å²) in [6.07, 6.45) is 11.2. The van der Waals surface area contributed by atoms with E-state index in [-0.39, 0.29) is 6.10 Å². The molecule has 2 rings (SSSR count). The van der Waals surface area contributed by atoms with Crippen LogP contribution in [0.5, 0.6) is 0 Å². The zero-order valence-electron chi connectivity index (χ0n) is 11.9. The fraction of sp³-hybridized carbons (Fsp3) is 0.800. The maximum absolute atomic E-state index is 10.7. The van der Waals surface area contributed by atoms with Gasteiger partial charge in [0.1, 0.15) is 12.7 Å². The molecule has 2 N–H and O–H groups in total. The third-order valence-electron chi connectivity index (χ3n) is 4.32. The van der Waals surface area contributed by atoms with Crippen LogP contribution in [0.4, 0.5) is 4.79 Å². The van der Waals surface area contributed by atoms with E-state index in [1.54, 1.807) is 0 Å². The second-order valence-corrected chi connectivity index (χ2v) is 5.62. The first-order valence-electron chi connectivity index (χ1n) is 7.44. The smallest absolute Gasteiger partial charge is 0.404 e. The van der Waals surface area contributed by atoms with Crippen molar-refractivity contribution in [3.05, 3.63) is 0 Å². The summed E-state index contributed by atoms with van der Waals surface area (Å²) in [4.78, 5) is 13.2. The van der Waals surface area contributed by atoms with E-state index >= 15 is 0 Å². The third-order valence-corrected chi connectivity index (χ3v) is 4.32. The van der Waals surface area contributed by atoms with Crippen molar-refractivity contribution in [3.8, 4) is 12.3 Å². The molecule has 1 heterocycles. The molecule has 0 spiro atoms. The van der Waals surface area contributed by atoms with E-state index in [4.69, 9.17) is 21.6 Å². The Morgan fingerprint density at radius 2 is 1.80 bits per heavy atom. The van der Waals surface area contributed by atoms with E-state index in [2.05, 4.69) is 10.8 Å². The predicted molar refractivity (Wildman–Crippen MR) is 76.1 cm³/mol. The van der Waals surface area contributed by atoms with E-state index in [0.717, 1.165) is 51.6 Å². The van der Waals surface area contributed by atoms with Gasteiger partial charge in [-0.05, 0) is 38.5 Å². The first-order valence-corrected chi connectivity index (χ1v) is 7.44. The molecule has 0 bridgehead atoms. The van der Waals surface area contributed by atoms with Crippen LogP contribution >= 0.6 is 0 Å². The van der Waals surface area contributed by atoms with Gasteiger partial charge in [0, 0.05) is 19.1 Å². The molecule has 1 saturated heterocycles. The highest BCUT2D eigenvalue weighted by molar-refractivity contribution is 5.64. The molecule has 0 atom stereocenters. The van der Waals surface area contributed by atoms with Crippen molar-refractivity contribution in [2.75, 3.05) is 19.7 Å². The number of hydrogen-bond acceptors (Lipinski definition) is 4. The summed E-state index contributed by atoms with van der Waals surface area (Å²) in [5.41, 5.74) is 5.05. The Hall–Kier alpha value is -1.25. The largest absolute Gasteiger partial charge is 0.446 e. The number of hydrogen-bond donors (Lipinski definition) is 1. The zero-order chi connectivity index (χ0) is 14.4. The first-order chi connectivity index (χ1) is 9.69.